The summed E-state index contributed by atoms with van der Waals surface area (Å²) in [6, 6.07) is 20.3. The van der Waals surface area contributed by atoms with Gasteiger partial charge in [-0.15, -0.1) is 0 Å². The van der Waals surface area contributed by atoms with Gasteiger partial charge in [-0.05, 0) is 41.0 Å². The van der Waals surface area contributed by atoms with Gasteiger partial charge < -0.3 is 19.1 Å². The zero-order chi connectivity index (χ0) is 24.7. The number of para-hydroxylation sites is 1. The summed E-state index contributed by atoms with van der Waals surface area (Å²) in [7, 11) is 0. The van der Waals surface area contributed by atoms with Crippen molar-refractivity contribution in [3.05, 3.63) is 95.1 Å². The highest BCUT2D eigenvalue weighted by atomic mass is 19.4. The third-order valence-corrected chi connectivity index (χ3v) is 5.60. The number of nitrogens with zero attached hydrogens (tertiary/aromatic N) is 1. The van der Waals surface area contributed by atoms with E-state index >= 15 is 0 Å². The fourth-order valence-corrected chi connectivity index (χ4v) is 3.85. The van der Waals surface area contributed by atoms with Gasteiger partial charge in [0, 0.05) is 19.5 Å². The van der Waals surface area contributed by atoms with E-state index in [0.29, 0.717) is 39.3 Å². The molecule has 184 valence electrons. The van der Waals surface area contributed by atoms with Gasteiger partial charge in [-0.25, -0.2) is 0 Å². The molecule has 4 rings (SSSR count). The molecular weight excluding hydrogens is 459 g/mol. The summed E-state index contributed by atoms with van der Waals surface area (Å²) in [6.45, 7) is 1.30. The van der Waals surface area contributed by atoms with Gasteiger partial charge >= 0.3 is 6.18 Å². The Kier molecular flexibility index (Phi) is 7.92. The zero-order valence-corrected chi connectivity index (χ0v) is 19.1. The molecule has 0 aromatic heterocycles. The van der Waals surface area contributed by atoms with Crippen LogP contribution in [0.1, 0.15) is 22.3 Å². The van der Waals surface area contributed by atoms with Crippen LogP contribution in [0.3, 0.4) is 0 Å². The molecular formula is C27H26F3NO4. The monoisotopic (exact) mass is 485 g/mol. The van der Waals surface area contributed by atoms with Crippen LogP contribution in [-0.4, -0.2) is 43.8 Å². The van der Waals surface area contributed by atoms with E-state index in [1.807, 2.05) is 48.5 Å². The lowest BCUT2D eigenvalue weighted by Gasteiger charge is -2.24. The number of hydrogen-bond donors (Lipinski definition) is 0. The summed E-state index contributed by atoms with van der Waals surface area (Å²) in [4.78, 5) is 14.5. The standard InChI is InChI=1S/C27H26F3NO4/c28-27(29,30)23-8-4-9-24(17-23)35-19-26(32)31-11-12-33-13-14-34-25-10-2-1-7-22(25)16-20-5-3-6-21(15-20)18-31/h1-10,15,17H,11-14,16,18-19H2. The minimum absolute atomic E-state index is 0.00988. The molecule has 0 N–H and O–H groups in total. The number of benzene rings is 3. The van der Waals surface area contributed by atoms with Gasteiger partial charge in [0.25, 0.3) is 5.91 Å². The summed E-state index contributed by atoms with van der Waals surface area (Å²) >= 11 is 0. The molecule has 1 aliphatic heterocycles. The molecule has 0 fully saturated rings. The number of ether oxygens (including phenoxy) is 3. The van der Waals surface area contributed by atoms with E-state index in [9.17, 15) is 18.0 Å². The van der Waals surface area contributed by atoms with Crippen LogP contribution in [0.5, 0.6) is 11.5 Å². The summed E-state index contributed by atoms with van der Waals surface area (Å²) in [5, 5.41) is 0. The van der Waals surface area contributed by atoms with Crippen molar-refractivity contribution in [3.8, 4) is 11.5 Å². The van der Waals surface area contributed by atoms with Gasteiger partial charge in [0.2, 0.25) is 0 Å². The molecule has 3 aromatic carbocycles. The molecule has 0 saturated heterocycles. The quantitative estimate of drug-likeness (QED) is 0.517. The third kappa shape index (κ3) is 6.99. The van der Waals surface area contributed by atoms with Crippen molar-refractivity contribution < 1.29 is 32.2 Å². The van der Waals surface area contributed by atoms with Crippen LogP contribution < -0.4 is 9.47 Å². The van der Waals surface area contributed by atoms with E-state index in [4.69, 9.17) is 14.2 Å². The molecule has 1 amide bonds. The Morgan fingerprint density at radius 1 is 0.914 bits per heavy atom. The molecule has 0 unspecified atom stereocenters. The fraction of sp³-hybridized carbons (Fsp3) is 0.296. The van der Waals surface area contributed by atoms with Crippen LogP contribution in [0.2, 0.25) is 0 Å². The number of rotatable bonds is 3. The van der Waals surface area contributed by atoms with Crippen LogP contribution >= 0.6 is 0 Å². The highest BCUT2D eigenvalue weighted by Gasteiger charge is 2.30. The predicted octanol–water partition coefficient (Wildman–Crippen LogP) is 5.11. The zero-order valence-electron chi connectivity index (χ0n) is 19.1. The summed E-state index contributed by atoms with van der Waals surface area (Å²) in [5.41, 5.74) is 2.25. The first-order valence-electron chi connectivity index (χ1n) is 11.3. The van der Waals surface area contributed by atoms with E-state index in [1.54, 1.807) is 4.90 Å². The molecule has 1 heterocycles. The average Bonchev–Trinajstić information content (AvgIpc) is 2.84. The normalized spacial score (nSPS) is 14.9. The number of fused-ring (bicyclic) bond motifs is 3. The minimum atomic E-state index is -4.48. The number of alkyl halides is 3. The van der Waals surface area contributed by atoms with Crippen molar-refractivity contribution in [1.29, 1.82) is 0 Å². The largest absolute Gasteiger partial charge is 0.491 e. The van der Waals surface area contributed by atoms with Crippen LogP contribution in [0, 0.1) is 0 Å². The highest BCUT2D eigenvalue weighted by Crippen LogP contribution is 2.31. The molecule has 8 heteroatoms. The number of halogens is 3. The smallest absolute Gasteiger partial charge is 0.416 e. The van der Waals surface area contributed by atoms with Gasteiger partial charge in [0.1, 0.15) is 18.1 Å². The molecule has 0 spiro atoms. The first-order valence-corrected chi connectivity index (χ1v) is 11.3. The van der Waals surface area contributed by atoms with Crippen molar-refractivity contribution in [2.24, 2.45) is 0 Å². The maximum Gasteiger partial charge on any atom is 0.416 e. The SMILES string of the molecule is O=C(COc1cccc(C(F)(F)F)c1)N1CCOCCOc2ccccc2Cc2cccc(c2)C1. The van der Waals surface area contributed by atoms with Crippen molar-refractivity contribution in [2.75, 3.05) is 33.0 Å². The Morgan fingerprint density at radius 3 is 2.57 bits per heavy atom. The average molecular weight is 486 g/mol. The van der Waals surface area contributed by atoms with E-state index in [2.05, 4.69) is 0 Å². The van der Waals surface area contributed by atoms with Gasteiger partial charge in [0.05, 0.1) is 18.8 Å². The lowest BCUT2D eigenvalue weighted by Crippen LogP contribution is -2.37. The Morgan fingerprint density at radius 2 is 1.71 bits per heavy atom. The lowest BCUT2D eigenvalue weighted by atomic mass is 10.0. The molecule has 0 saturated carbocycles. The second kappa shape index (κ2) is 11.3. The Bertz CT molecular complexity index is 1150. The highest BCUT2D eigenvalue weighted by molar-refractivity contribution is 5.77. The summed E-state index contributed by atoms with van der Waals surface area (Å²) < 4.78 is 55.8. The van der Waals surface area contributed by atoms with Gasteiger partial charge in [-0.3, -0.25) is 4.79 Å². The molecule has 1 aliphatic rings. The van der Waals surface area contributed by atoms with Crippen LogP contribution in [0.4, 0.5) is 13.2 Å². The summed E-state index contributed by atoms with van der Waals surface area (Å²) in [5.74, 6) is 0.469. The Hall–Kier alpha value is -3.52. The third-order valence-electron chi connectivity index (χ3n) is 5.60. The maximum absolute atomic E-state index is 13.0. The first-order chi connectivity index (χ1) is 16.9. The number of hydrogen-bond acceptors (Lipinski definition) is 4. The topological polar surface area (TPSA) is 48.0 Å². The van der Waals surface area contributed by atoms with E-state index in [0.717, 1.165) is 34.6 Å². The molecule has 35 heavy (non-hydrogen) atoms. The minimum Gasteiger partial charge on any atom is -0.491 e. The number of amides is 1. The Labute approximate surface area is 202 Å². The molecule has 0 atom stereocenters. The predicted molar refractivity (Wildman–Crippen MR) is 124 cm³/mol. The molecule has 2 bridgehead atoms. The van der Waals surface area contributed by atoms with Gasteiger partial charge in [0.15, 0.2) is 6.61 Å². The molecule has 3 aromatic rings. The van der Waals surface area contributed by atoms with E-state index in [1.165, 1.54) is 12.1 Å². The van der Waals surface area contributed by atoms with Crippen molar-refractivity contribution in [2.45, 2.75) is 19.1 Å². The second-order valence-electron chi connectivity index (χ2n) is 8.19. The van der Waals surface area contributed by atoms with E-state index < -0.39 is 11.7 Å². The van der Waals surface area contributed by atoms with Crippen molar-refractivity contribution in [3.63, 3.8) is 0 Å². The number of carbonyl (C=O) groups is 1. The second-order valence-corrected chi connectivity index (χ2v) is 8.19. The molecule has 0 radical (unpaired) electrons. The maximum atomic E-state index is 13.0. The molecule has 5 nitrogen and oxygen atoms in total. The lowest BCUT2D eigenvalue weighted by molar-refractivity contribution is -0.137. The van der Waals surface area contributed by atoms with Crippen LogP contribution in [0.15, 0.2) is 72.8 Å². The van der Waals surface area contributed by atoms with Crippen molar-refractivity contribution in [1.82, 2.24) is 4.90 Å². The summed E-state index contributed by atoms with van der Waals surface area (Å²) in [6.07, 6.45) is -3.80. The van der Waals surface area contributed by atoms with Gasteiger partial charge in [-0.2, -0.15) is 13.2 Å². The van der Waals surface area contributed by atoms with Gasteiger partial charge in [-0.1, -0.05) is 48.5 Å². The van der Waals surface area contributed by atoms with E-state index in [-0.39, 0.29) is 18.3 Å². The number of carbonyl (C=O) groups excluding carboxylic acids is 1. The van der Waals surface area contributed by atoms with Crippen LogP contribution in [0.25, 0.3) is 0 Å². The first kappa shape index (κ1) is 24.6. The molecule has 0 aliphatic carbocycles. The van der Waals surface area contributed by atoms with Crippen LogP contribution in [-0.2, 0) is 28.7 Å². The van der Waals surface area contributed by atoms with Crippen molar-refractivity contribution >= 4 is 5.91 Å². The fourth-order valence-electron chi connectivity index (χ4n) is 3.85. The Balaban J connectivity index is 1.48.